The molecule has 174 valence electrons. The van der Waals surface area contributed by atoms with Crippen molar-refractivity contribution >= 4 is 17.6 Å². The summed E-state index contributed by atoms with van der Waals surface area (Å²) in [5.41, 5.74) is 2.32. The number of carbonyl (C=O) groups excluding carboxylic acids is 1. The van der Waals surface area contributed by atoms with Crippen molar-refractivity contribution in [1.82, 2.24) is 4.90 Å². The van der Waals surface area contributed by atoms with Crippen LogP contribution < -0.4 is 4.90 Å². The van der Waals surface area contributed by atoms with E-state index in [1.54, 1.807) is 0 Å². The zero-order valence-electron chi connectivity index (χ0n) is 17.6. The number of aliphatic carboxylic acids is 1. The summed E-state index contributed by atoms with van der Waals surface area (Å²) >= 11 is 0. The van der Waals surface area contributed by atoms with Gasteiger partial charge in [-0.1, -0.05) is 18.2 Å². The van der Waals surface area contributed by atoms with Gasteiger partial charge in [-0.25, -0.2) is 4.79 Å². The van der Waals surface area contributed by atoms with Crippen LogP contribution in [0.2, 0.25) is 0 Å². The molecule has 2 fully saturated rings. The first-order valence-electron chi connectivity index (χ1n) is 10.6. The number of nitrogens with zero attached hydrogens (tertiary/aromatic N) is 3. The van der Waals surface area contributed by atoms with Gasteiger partial charge in [0.15, 0.2) is 0 Å². The summed E-state index contributed by atoms with van der Waals surface area (Å²) < 4.78 is 37.5. The van der Waals surface area contributed by atoms with Gasteiger partial charge < -0.3 is 14.7 Å². The predicted octanol–water partition coefficient (Wildman–Crippen LogP) is 3.09. The summed E-state index contributed by atoms with van der Waals surface area (Å²) in [4.78, 5) is 26.1. The molecule has 0 saturated carbocycles. The number of carboxylic acids is 1. The molecule has 1 aromatic carbocycles. The fraction of sp³-hybridized carbons (Fsp3) is 0.591. The largest absolute Gasteiger partial charge is 0.490 e. The van der Waals surface area contributed by atoms with Crippen LogP contribution in [0.3, 0.4) is 0 Å². The fourth-order valence-corrected chi connectivity index (χ4v) is 4.65. The Bertz CT molecular complexity index is 870. The van der Waals surface area contributed by atoms with Crippen LogP contribution in [0.15, 0.2) is 24.3 Å². The first kappa shape index (κ1) is 24.0. The van der Waals surface area contributed by atoms with Gasteiger partial charge in [-0.15, -0.1) is 0 Å². The lowest BCUT2D eigenvalue weighted by molar-refractivity contribution is -0.192. The van der Waals surface area contributed by atoms with Gasteiger partial charge in [-0.2, -0.15) is 18.4 Å². The average molecular weight is 453 g/mol. The minimum absolute atomic E-state index is 0.0628. The summed E-state index contributed by atoms with van der Waals surface area (Å²) in [6.45, 7) is 3.75. The second-order valence-electron chi connectivity index (χ2n) is 8.35. The molecule has 7 nitrogen and oxygen atoms in total. The molecular weight excluding hydrogens is 427 g/mol. The van der Waals surface area contributed by atoms with E-state index in [1.165, 1.54) is 5.56 Å². The van der Waals surface area contributed by atoms with E-state index in [0.717, 1.165) is 51.1 Å². The Balaban J connectivity index is 0.000000360. The highest BCUT2D eigenvalue weighted by Crippen LogP contribution is 2.47. The second kappa shape index (κ2) is 9.88. The van der Waals surface area contributed by atoms with Gasteiger partial charge in [0, 0.05) is 37.2 Å². The summed E-state index contributed by atoms with van der Waals surface area (Å²) in [6.07, 6.45) is -0.302. The van der Waals surface area contributed by atoms with E-state index in [2.05, 4.69) is 29.2 Å². The number of ether oxygens (including phenoxy) is 1. The number of benzene rings is 1. The molecule has 3 aliphatic rings. The lowest BCUT2D eigenvalue weighted by Gasteiger charge is -2.47. The number of carbonyl (C=O) groups is 2. The maximum Gasteiger partial charge on any atom is 0.490 e. The van der Waals surface area contributed by atoms with E-state index in [1.807, 2.05) is 11.0 Å². The zero-order chi connectivity index (χ0) is 23.4. The van der Waals surface area contributed by atoms with E-state index in [0.29, 0.717) is 19.5 Å². The summed E-state index contributed by atoms with van der Waals surface area (Å²) in [7, 11) is 0. The van der Waals surface area contributed by atoms with E-state index >= 15 is 0 Å². The number of hydrogen-bond acceptors (Lipinski definition) is 5. The number of para-hydroxylation sites is 1. The van der Waals surface area contributed by atoms with Gasteiger partial charge in [0.25, 0.3) is 0 Å². The van der Waals surface area contributed by atoms with Crippen LogP contribution in [0.25, 0.3) is 0 Å². The molecule has 1 atom stereocenters. The molecule has 0 radical (unpaired) electrons. The number of nitriles is 1. The fourth-order valence-electron chi connectivity index (χ4n) is 4.65. The Morgan fingerprint density at radius 3 is 2.50 bits per heavy atom. The number of hydrogen-bond donors (Lipinski definition) is 1. The van der Waals surface area contributed by atoms with Gasteiger partial charge in [0.2, 0.25) is 5.91 Å². The molecule has 3 heterocycles. The van der Waals surface area contributed by atoms with Crippen molar-refractivity contribution in [3.8, 4) is 6.07 Å². The number of fused-ring (bicyclic) bond motifs is 2. The molecule has 32 heavy (non-hydrogen) atoms. The molecule has 0 aliphatic carbocycles. The molecular formula is C22H26F3N3O4. The van der Waals surface area contributed by atoms with Gasteiger partial charge in [0.1, 0.15) is 0 Å². The summed E-state index contributed by atoms with van der Waals surface area (Å²) in [5, 5.41) is 16.1. The Labute approximate surface area is 184 Å². The minimum Gasteiger partial charge on any atom is -0.475 e. The first-order valence-corrected chi connectivity index (χ1v) is 10.6. The number of anilines is 1. The number of likely N-dealkylation sites (tertiary alicyclic amines) is 1. The van der Waals surface area contributed by atoms with Crippen molar-refractivity contribution in [1.29, 1.82) is 5.26 Å². The Morgan fingerprint density at radius 1 is 1.28 bits per heavy atom. The molecule has 1 aromatic rings. The summed E-state index contributed by atoms with van der Waals surface area (Å²) in [6, 6.07) is 10.6. The minimum atomic E-state index is -5.08. The smallest absolute Gasteiger partial charge is 0.475 e. The highest BCUT2D eigenvalue weighted by Gasteiger charge is 2.45. The van der Waals surface area contributed by atoms with Crippen molar-refractivity contribution < 1.29 is 32.6 Å². The van der Waals surface area contributed by atoms with Crippen LogP contribution in [0.5, 0.6) is 0 Å². The van der Waals surface area contributed by atoms with Crippen LogP contribution in [-0.2, 0) is 19.7 Å². The highest BCUT2D eigenvalue weighted by atomic mass is 19.4. The lowest BCUT2D eigenvalue weighted by Crippen LogP contribution is -2.51. The number of alkyl halides is 3. The molecule has 0 bridgehead atoms. The molecule has 2 saturated heterocycles. The first-order chi connectivity index (χ1) is 15.2. The molecule has 1 amide bonds. The molecule has 1 unspecified atom stereocenters. The third kappa shape index (κ3) is 5.40. The predicted molar refractivity (Wildman–Crippen MR) is 109 cm³/mol. The van der Waals surface area contributed by atoms with E-state index in [4.69, 9.17) is 19.9 Å². The standard InChI is InChI=1S/C20H25N3O2.C2HF3O2/c21-9-12-22-10-7-20(8-11-22)14-19(24)23(15-16-4-3-13-25-16)18-6-2-1-5-17(18)20;3-2(4,5)1(6)7/h1-2,5-6,16H,3-4,7-8,10-15H2;(H,6,7). The van der Waals surface area contributed by atoms with Crippen molar-refractivity contribution in [3.63, 3.8) is 0 Å². The van der Waals surface area contributed by atoms with E-state index in [-0.39, 0.29) is 17.4 Å². The Kier molecular flexibility index (Phi) is 7.41. The number of piperidine rings is 1. The molecule has 0 aromatic heterocycles. The topological polar surface area (TPSA) is 93.9 Å². The monoisotopic (exact) mass is 453 g/mol. The van der Waals surface area contributed by atoms with Gasteiger partial charge in [0.05, 0.1) is 25.3 Å². The molecule has 4 rings (SSSR count). The lowest BCUT2D eigenvalue weighted by atomic mass is 9.67. The van der Waals surface area contributed by atoms with Gasteiger partial charge >= 0.3 is 12.1 Å². The van der Waals surface area contributed by atoms with Crippen molar-refractivity contribution in [2.24, 2.45) is 0 Å². The third-order valence-electron chi connectivity index (χ3n) is 6.32. The Morgan fingerprint density at radius 2 is 1.94 bits per heavy atom. The second-order valence-corrected chi connectivity index (χ2v) is 8.35. The van der Waals surface area contributed by atoms with Crippen LogP contribution in [0.4, 0.5) is 18.9 Å². The molecule has 10 heteroatoms. The highest BCUT2D eigenvalue weighted by molar-refractivity contribution is 5.98. The molecule has 3 aliphatic heterocycles. The number of rotatable bonds is 3. The van der Waals surface area contributed by atoms with Gasteiger partial charge in [-0.3, -0.25) is 9.69 Å². The van der Waals surface area contributed by atoms with Crippen molar-refractivity contribution in [2.45, 2.75) is 49.8 Å². The SMILES string of the molecule is N#CCN1CCC2(CC1)CC(=O)N(CC1CCCO1)c1ccccc12.O=C(O)C(F)(F)F. The number of amides is 1. The number of halogens is 3. The Hall–Kier alpha value is -2.64. The van der Waals surface area contributed by atoms with E-state index < -0.39 is 12.1 Å². The van der Waals surface area contributed by atoms with Crippen molar-refractivity contribution in [3.05, 3.63) is 29.8 Å². The van der Waals surface area contributed by atoms with Crippen LogP contribution in [0, 0.1) is 11.3 Å². The molecule has 1 spiro atoms. The maximum absolute atomic E-state index is 13.0. The third-order valence-corrected chi connectivity index (χ3v) is 6.32. The normalized spacial score (nSPS) is 22.6. The van der Waals surface area contributed by atoms with Crippen LogP contribution in [0.1, 0.15) is 37.7 Å². The van der Waals surface area contributed by atoms with Crippen molar-refractivity contribution in [2.75, 3.05) is 37.7 Å². The van der Waals surface area contributed by atoms with Crippen LogP contribution in [-0.4, -0.2) is 66.9 Å². The van der Waals surface area contributed by atoms with E-state index in [9.17, 15) is 18.0 Å². The average Bonchev–Trinajstić information content (AvgIpc) is 3.26. The maximum atomic E-state index is 13.0. The number of carboxylic acid groups (broad SMARTS) is 1. The quantitative estimate of drug-likeness (QED) is 0.707. The molecule has 1 N–H and O–H groups in total. The van der Waals surface area contributed by atoms with Gasteiger partial charge in [-0.05, 0) is 37.3 Å². The summed E-state index contributed by atoms with van der Waals surface area (Å²) in [5.74, 6) is -2.53. The zero-order valence-corrected chi connectivity index (χ0v) is 17.6. The van der Waals surface area contributed by atoms with Crippen LogP contribution >= 0.6 is 0 Å².